The molecule has 1 N–H and O–H groups in total. The number of amides is 2. The van der Waals surface area contributed by atoms with Crippen molar-refractivity contribution in [2.75, 3.05) is 26.3 Å². The molecule has 9 heteroatoms. The van der Waals surface area contributed by atoms with Crippen LogP contribution in [0.25, 0.3) is 6.08 Å². The fourth-order valence-electron chi connectivity index (χ4n) is 3.54. The normalized spacial score (nSPS) is 14.2. The summed E-state index contributed by atoms with van der Waals surface area (Å²) in [6, 6.07) is 21.2. The summed E-state index contributed by atoms with van der Waals surface area (Å²) < 4.78 is 35.7. The number of rotatable bonds is 7. The molecule has 3 aromatic carbocycles. The third kappa shape index (κ3) is 6.38. The molecular formula is C27H26N2O6S. The maximum Gasteiger partial charge on any atom is 0.339 e. The summed E-state index contributed by atoms with van der Waals surface area (Å²) in [6.45, 7) is 3.55. The molecule has 0 unspecified atom stereocenters. The van der Waals surface area contributed by atoms with Crippen molar-refractivity contribution in [2.24, 2.45) is 0 Å². The molecule has 3 aromatic rings. The number of aryl methyl sites for hydroxylation is 1. The zero-order valence-corrected chi connectivity index (χ0v) is 20.5. The van der Waals surface area contributed by atoms with Crippen molar-refractivity contribution in [3.05, 3.63) is 101 Å². The minimum absolute atomic E-state index is 0.0547. The van der Waals surface area contributed by atoms with Gasteiger partial charge in [-0.05, 0) is 55.0 Å². The second kappa shape index (κ2) is 11.2. The molecule has 1 saturated heterocycles. The maximum absolute atomic E-state index is 13.2. The van der Waals surface area contributed by atoms with E-state index in [1.807, 2.05) is 6.92 Å². The minimum atomic E-state index is -3.99. The molecule has 0 radical (unpaired) electrons. The molecule has 1 aliphatic heterocycles. The SMILES string of the molecule is Cc1ccc(S(=O)(=O)Oc2ccc(/C=C(\NC(=O)c3ccccc3)C(=O)N3CCOCC3)cc2)cc1. The van der Waals surface area contributed by atoms with E-state index in [1.165, 1.54) is 24.3 Å². The Balaban J connectivity index is 1.55. The van der Waals surface area contributed by atoms with Crippen LogP contribution in [0.2, 0.25) is 0 Å². The third-order valence-corrected chi connectivity index (χ3v) is 6.78. The second-order valence-corrected chi connectivity index (χ2v) is 9.75. The second-order valence-electron chi connectivity index (χ2n) is 8.20. The van der Waals surface area contributed by atoms with Gasteiger partial charge < -0.3 is 19.1 Å². The van der Waals surface area contributed by atoms with Crippen LogP contribution in [0.4, 0.5) is 0 Å². The van der Waals surface area contributed by atoms with E-state index in [9.17, 15) is 18.0 Å². The number of ether oxygens (including phenoxy) is 1. The molecule has 1 fully saturated rings. The fourth-order valence-corrected chi connectivity index (χ4v) is 4.47. The lowest BCUT2D eigenvalue weighted by molar-refractivity contribution is -0.131. The van der Waals surface area contributed by atoms with Gasteiger partial charge in [0.2, 0.25) is 0 Å². The lowest BCUT2D eigenvalue weighted by Crippen LogP contribution is -2.44. The Kier molecular flexibility index (Phi) is 7.82. The molecule has 8 nitrogen and oxygen atoms in total. The summed E-state index contributed by atoms with van der Waals surface area (Å²) in [7, 11) is -3.99. The Labute approximate surface area is 210 Å². The first-order valence-electron chi connectivity index (χ1n) is 11.4. The predicted octanol–water partition coefficient (Wildman–Crippen LogP) is 3.39. The number of hydrogen-bond donors (Lipinski definition) is 1. The van der Waals surface area contributed by atoms with E-state index in [0.29, 0.717) is 37.4 Å². The summed E-state index contributed by atoms with van der Waals surface area (Å²) in [6.07, 6.45) is 1.55. The largest absolute Gasteiger partial charge is 0.379 e. The lowest BCUT2D eigenvalue weighted by Gasteiger charge is -2.27. The van der Waals surface area contributed by atoms with Crippen molar-refractivity contribution < 1.29 is 26.9 Å². The maximum atomic E-state index is 13.2. The van der Waals surface area contributed by atoms with Gasteiger partial charge in [-0.15, -0.1) is 0 Å². The molecule has 36 heavy (non-hydrogen) atoms. The molecule has 0 atom stereocenters. The van der Waals surface area contributed by atoms with E-state index in [2.05, 4.69) is 5.32 Å². The van der Waals surface area contributed by atoms with E-state index in [-0.39, 0.29) is 22.2 Å². The van der Waals surface area contributed by atoms with Gasteiger partial charge in [-0.3, -0.25) is 9.59 Å². The van der Waals surface area contributed by atoms with Crippen LogP contribution in [0, 0.1) is 6.92 Å². The first kappa shape index (κ1) is 25.2. The van der Waals surface area contributed by atoms with Crippen LogP contribution >= 0.6 is 0 Å². The van der Waals surface area contributed by atoms with Gasteiger partial charge in [-0.25, -0.2) is 0 Å². The Morgan fingerprint density at radius 2 is 1.56 bits per heavy atom. The van der Waals surface area contributed by atoms with Crippen LogP contribution in [0.15, 0.2) is 89.5 Å². The Morgan fingerprint density at radius 1 is 0.917 bits per heavy atom. The number of benzene rings is 3. The fraction of sp³-hybridized carbons (Fsp3) is 0.185. The van der Waals surface area contributed by atoms with Crippen LogP contribution in [0.1, 0.15) is 21.5 Å². The number of nitrogens with one attached hydrogen (secondary N) is 1. The van der Waals surface area contributed by atoms with E-state index in [1.54, 1.807) is 65.6 Å². The molecule has 4 rings (SSSR count). The predicted molar refractivity (Wildman–Crippen MR) is 135 cm³/mol. The van der Waals surface area contributed by atoms with Gasteiger partial charge in [0.1, 0.15) is 16.3 Å². The van der Waals surface area contributed by atoms with Crippen LogP contribution in [0.3, 0.4) is 0 Å². The van der Waals surface area contributed by atoms with Gasteiger partial charge in [0.25, 0.3) is 11.8 Å². The highest BCUT2D eigenvalue weighted by Crippen LogP contribution is 2.21. The molecule has 2 amide bonds. The quantitative estimate of drug-likeness (QED) is 0.389. The monoisotopic (exact) mass is 506 g/mol. The summed E-state index contributed by atoms with van der Waals surface area (Å²) >= 11 is 0. The van der Waals surface area contributed by atoms with E-state index >= 15 is 0 Å². The molecular weight excluding hydrogens is 480 g/mol. The Bertz CT molecular complexity index is 1350. The van der Waals surface area contributed by atoms with E-state index in [4.69, 9.17) is 8.92 Å². The molecule has 186 valence electrons. The summed E-state index contributed by atoms with van der Waals surface area (Å²) in [5.74, 6) is -0.612. The van der Waals surface area contributed by atoms with Crippen molar-refractivity contribution >= 4 is 28.0 Å². The summed E-state index contributed by atoms with van der Waals surface area (Å²) in [5, 5.41) is 2.72. The Hall–Kier alpha value is -3.95. The minimum Gasteiger partial charge on any atom is -0.379 e. The van der Waals surface area contributed by atoms with Gasteiger partial charge in [-0.2, -0.15) is 8.42 Å². The molecule has 0 spiro atoms. The standard InChI is InChI=1S/C27H26N2O6S/c1-20-7-13-24(14-8-20)36(32,33)35-23-11-9-21(10-12-23)19-25(27(31)29-15-17-34-18-16-29)28-26(30)22-5-3-2-4-6-22/h2-14,19H,15-18H2,1H3,(H,28,30)/b25-19-. The number of morpholine rings is 1. The summed E-state index contributed by atoms with van der Waals surface area (Å²) in [5.41, 5.74) is 2.04. The highest BCUT2D eigenvalue weighted by molar-refractivity contribution is 7.87. The lowest BCUT2D eigenvalue weighted by atomic mass is 10.1. The number of carbonyl (C=O) groups is 2. The highest BCUT2D eigenvalue weighted by Gasteiger charge is 2.23. The van der Waals surface area contributed by atoms with Crippen molar-refractivity contribution in [1.29, 1.82) is 0 Å². The van der Waals surface area contributed by atoms with Gasteiger partial charge in [0, 0.05) is 18.7 Å². The number of carbonyl (C=O) groups excluding carboxylic acids is 2. The molecule has 0 aliphatic carbocycles. The van der Waals surface area contributed by atoms with Gasteiger partial charge in [0.05, 0.1) is 13.2 Å². The van der Waals surface area contributed by atoms with Crippen LogP contribution < -0.4 is 9.50 Å². The Morgan fingerprint density at radius 3 is 2.19 bits per heavy atom. The third-order valence-electron chi connectivity index (χ3n) is 5.52. The van der Waals surface area contributed by atoms with Crippen molar-refractivity contribution in [2.45, 2.75) is 11.8 Å². The van der Waals surface area contributed by atoms with Crippen molar-refractivity contribution in [1.82, 2.24) is 10.2 Å². The molecule has 0 bridgehead atoms. The van der Waals surface area contributed by atoms with Crippen LogP contribution in [-0.2, 0) is 19.6 Å². The van der Waals surface area contributed by atoms with Crippen LogP contribution in [0.5, 0.6) is 5.75 Å². The van der Waals surface area contributed by atoms with E-state index < -0.39 is 16.0 Å². The first-order valence-corrected chi connectivity index (χ1v) is 12.8. The molecule has 0 aromatic heterocycles. The van der Waals surface area contributed by atoms with Crippen LogP contribution in [-0.4, -0.2) is 51.4 Å². The summed E-state index contributed by atoms with van der Waals surface area (Å²) in [4.78, 5) is 27.6. The van der Waals surface area contributed by atoms with E-state index in [0.717, 1.165) is 5.56 Å². The average Bonchev–Trinajstić information content (AvgIpc) is 2.90. The highest BCUT2D eigenvalue weighted by atomic mass is 32.2. The number of nitrogens with zero attached hydrogens (tertiary/aromatic N) is 1. The first-order chi connectivity index (χ1) is 17.3. The zero-order chi connectivity index (χ0) is 25.5. The molecule has 1 heterocycles. The topological polar surface area (TPSA) is 102 Å². The number of hydrogen-bond acceptors (Lipinski definition) is 6. The molecule has 1 aliphatic rings. The van der Waals surface area contributed by atoms with Gasteiger partial charge in [-0.1, -0.05) is 48.0 Å². The van der Waals surface area contributed by atoms with Crippen molar-refractivity contribution in [3.63, 3.8) is 0 Å². The van der Waals surface area contributed by atoms with Crippen molar-refractivity contribution in [3.8, 4) is 5.75 Å². The van der Waals surface area contributed by atoms with Gasteiger partial charge in [0.15, 0.2) is 0 Å². The van der Waals surface area contributed by atoms with Gasteiger partial charge >= 0.3 is 10.1 Å². The smallest absolute Gasteiger partial charge is 0.339 e. The average molecular weight is 507 g/mol. The zero-order valence-electron chi connectivity index (χ0n) is 19.7. The molecule has 0 saturated carbocycles.